The Labute approximate surface area is 100 Å². The molecule has 1 heterocycles. The molecular weight excluding hydrogens is 222 g/mol. The molecule has 0 spiro atoms. The second-order valence-corrected chi connectivity index (χ2v) is 6.41. The highest BCUT2D eigenvalue weighted by molar-refractivity contribution is 7.99. The van der Waals surface area contributed by atoms with E-state index in [1.807, 2.05) is 4.68 Å². The van der Waals surface area contributed by atoms with E-state index in [-0.39, 0.29) is 11.5 Å². The van der Waals surface area contributed by atoms with Crippen molar-refractivity contribution in [3.8, 4) is 0 Å². The van der Waals surface area contributed by atoms with Crippen LogP contribution in [0, 0.1) is 5.41 Å². The second kappa shape index (κ2) is 4.33. The summed E-state index contributed by atoms with van der Waals surface area (Å²) in [5.74, 6) is 0.858. The molecule has 1 saturated carbocycles. The van der Waals surface area contributed by atoms with E-state index in [0.29, 0.717) is 6.04 Å². The highest BCUT2D eigenvalue weighted by atomic mass is 32.2. The lowest BCUT2D eigenvalue weighted by atomic mass is 9.89. The normalized spacial score (nSPS) is 18.8. The molecule has 1 fully saturated rings. The van der Waals surface area contributed by atoms with E-state index in [4.69, 9.17) is 5.73 Å². The van der Waals surface area contributed by atoms with Gasteiger partial charge in [-0.3, -0.25) is 0 Å². The topological polar surface area (TPSA) is 69.6 Å². The van der Waals surface area contributed by atoms with Crippen molar-refractivity contribution in [2.24, 2.45) is 11.1 Å². The van der Waals surface area contributed by atoms with Crippen molar-refractivity contribution < 1.29 is 0 Å². The summed E-state index contributed by atoms with van der Waals surface area (Å²) in [7, 11) is 0. The zero-order valence-electron chi connectivity index (χ0n) is 10.1. The van der Waals surface area contributed by atoms with Crippen LogP contribution in [0.5, 0.6) is 0 Å². The van der Waals surface area contributed by atoms with Crippen molar-refractivity contribution in [1.29, 1.82) is 0 Å². The fraction of sp³-hybridized carbons (Fsp3) is 0.900. The van der Waals surface area contributed by atoms with E-state index in [1.165, 1.54) is 12.8 Å². The smallest absolute Gasteiger partial charge is 0.209 e. The third-order valence-electron chi connectivity index (χ3n) is 2.86. The van der Waals surface area contributed by atoms with E-state index in [2.05, 4.69) is 36.3 Å². The van der Waals surface area contributed by atoms with Gasteiger partial charge in [-0.25, -0.2) is 4.68 Å². The summed E-state index contributed by atoms with van der Waals surface area (Å²) in [6.45, 7) is 6.46. The summed E-state index contributed by atoms with van der Waals surface area (Å²) >= 11 is 1.66. The second-order valence-electron chi connectivity index (χ2n) is 5.42. The first-order valence-electron chi connectivity index (χ1n) is 5.64. The summed E-state index contributed by atoms with van der Waals surface area (Å²) in [5.41, 5.74) is 6.24. The summed E-state index contributed by atoms with van der Waals surface area (Å²) in [5, 5.41) is 12.7. The number of thioether (sulfide) groups is 1. The van der Waals surface area contributed by atoms with Crippen LogP contribution in [0.1, 0.15) is 39.7 Å². The van der Waals surface area contributed by atoms with Gasteiger partial charge in [0.2, 0.25) is 5.16 Å². The number of nitrogens with zero attached hydrogens (tertiary/aromatic N) is 4. The fourth-order valence-electron chi connectivity index (χ4n) is 1.24. The van der Waals surface area contributed by atoms with Gasteiger partial charge in [0.05, 0.1) is 6.04 Å². The van der Waals surface area contributed by atoms with Crippen molar-refractivity contribution >= 4 is 11.8 Å². The Kier molecular flexibility index (Phi) is 3.21. The fourth-order valence-corrected chi connectivity index (χ4v) is 2.48. The Hall–Kier alpha value is -0.620. The van der Waals surface area contributed by atoms with Gasteiger partial charge < -0.3 is 5.73 Å². The first-order valence-corrected chi connectivity index (χ1v) is 6.63. The predicted octanol–water partition coefficient (Wildman–Crippen LogP) is 1.47. The molecule has 2 N–H and O–H groups in total. The van der Waals surface area contributed by atoms with E-state index in [0.717, 1.165) is 10.9 Å². The molecule has 16 heavy (non-hydrogen) atoms. The molecule has 0 saturated heterocycles. The van der Waals surface area contributed by atoms with Gasteiger partial charge in [0.25, 0.3) is 0 Å². The van der Waals surface area contributed by atoms with Crippen molar-refractivity contribution in [2.45, 2.75) is 50.9 Å². The highest BCUT2D eigenvalue weighted by Crippen LogP contribution is 2.36. The van der Waals surface area contributed by atoms with Crippen LogP contribution in [0.3, 0.4) is 0 Å². The molecule has 5 nitrogen and oxygen atoms in total. The van der Waals surface area contributed by atoms with Gasteiger partial charge in [0.15, 0.2) is 0 Å². The third-order valence-corrected chi connectivity index (χ3v) is 3.91. The summed E-state index contributed by atoms with van der Waals surface area (Å²) in [4.78, 5) is 0. The lowest BCUT2D eigenvalue weighted by Crippen LogP contribution is -2.37. The van der Waals surface area contributed by atoms with Crippen LogP contribution in [-0.4, -0.2) is 32.0 Å². The van der Waals surface area contributed by atoms with Gasteiger partial charge in [0.1, 0.15) is 0 Å². The Morgan fingerprint density at radius 2 is 2.19 bits per heavy atom. The van der Waals surface area contributed by atoms with Crippen LogP contribution < -0.4 is 5.73 Å². The largest absolute Gasteiger partial charge is 0.326 e. The Balaban J connectivity index is 1.92. The molecular formula is C10H19N5S. The number of hydrogen-bond acceptors (Lipinski definition) is 5. The first-order chi connectivity index (χ1) is 7.48. The lowest BCUT2D eigenvalue weighted by molar-refractivity contribution is 0.344. The van der Waals surface area contributed by atoms with E-state index in [9.17, 15) is 0 Å². The molecule has 6 heteroatoms. The van der Waals surface area contributed by atoms with Crippen LogP contribution in [0.2, 0.25) is 0 Å². The third kappa shape index (κ3) is 2.74. The number of aromatic nitrogens is 4. The van der Waals surface area contributed by atoms with Crippen LogP contribution in [-0.2, 0) is 0 Å². The van der Waals surface area contributed by atoms with Crippen LogP contribution in [0.4, 0.5) is 0 Å². The lowest BCUT2D eigenvalue weighted by Gasteiger charge is -2.26. The van der Waals surface area contributed by atoms with E-state index >= 15 is 0 Å². The number of tetrazole rings is 1. The summed E-state index contributed by atoms with van der Waals surface area (Å²) in [6.07, 6.45) is 2.40. The maximum Gasteiger partial charge on any atom is 0.209 e. The molecule has 1 aliphatic rings. The first kappa shape index (κ1) is 11.9. The molecule has 1 aromatic rings. The standard InChI is InChI=1S/C10H19N5S/c1-10(2,3)8(11)6-16-9-12-13-14-15(9)7-4-5-7/h7-8H,4-6,11H2,1-3H3. The van der Waals surface area contributed by atoms with Crippen molar-refractivity contribution in [3.05, 3.63) is 0 Å². The van der Waals surface area contributed by atoms with Crippen LogP contribution in [0.15, 0.2) is 5.16 Å². The predicted molar refractivity (Wildman–Crippen MR) is 64.2 cm³/mol. The Bertz CT molecular complexity index is 352. The van der Waals surface area contributed by atoms with E-state index in [1.54, 1.807) is 11.8 Å². The summed E-state index contributed by atoms with van der Waals surface area (Å²) in [6, 6.07) is 0.685. The minimum absolute atomic E-state index is 0.130. The van der Waals surface area contributed by atoms with Crippen LogP contribution >= 0.6 is 11.8 Å². The van der Waals surface area contributed by atoms with Crippen molar-refractivity contribution in [2.75, 3.05) is 5.75 Å². The van der Waals surface area contributed by atoms with Gasteiger partial charge in [-0.2, -0.15) is 0 Å². The molecule has 0 amide bonds. The maximum atomic E-state index is 6.11. The minimum Gasteiger partial charge on any atom is -0.326 e. The molecule has 2 rings (SSSR count). The van der Waals surface area contributed by atoms with Gasteiger partial charge in [-0.1, -0.05) is 32.5 Å². The molecule has 0 bridgehead atoms. The highest BCUT2D eigenvalue weighted by Gasteiger charge is 2.28. The molecule has 0 radical (unpaired) electrons. The van der Waals surface area contributed by atoms with Crippen molar-refractivity contribution in [3.63, 3.8) is 0 Å². The SMILES string of the molecule is CC(C)(C)C(N)CSc1nnnn1C1CC1. The minimum atomic E-state index is 0.130. The quantitative estimate of drug-likeness (QED) is 0.808. The van der Waals surface area contributed by atoms with Gasteiger partial charge in [-0.15, -0.1) is 5.10 Å². The molecule has 0 aliphatic heterocycles. The van der Waals surface area contributed by atoms with Crippen LogP contribution in [0.25, 0.3) is 0 Å². The Morgan fingerprint density at radius 1 is 1.50 bits per heavy atom. The molecule has 1 aliphatic carbocycles. The monoisotopic (exact) mass is 241 g/mol. The summed E-state index contributed by atoms with van der Waals surface area (Å²) < 4.78 is 1.93. The Morgan fingerprint density at radius 3 is 2.75 bits per heavy atom. The average molecular weight is 241 g/mol. The number of nitrogens with two attached hydrogens (primary N) is 1. The number of rotatable bonds is 4. The molecule has 0 aromatic carbocycles. The molecule has 1 atom stereocenters. The maximum absolute atomic E-state index is 6.11. The zero-order chi connectivity index (χ0) is 11.8. The van der Waals surface area contributed by atoms with E-state index < -0.39 is 0 Å². The zero-order valence-corrected chi connectivity index (χ0v) is 10.9. The van der Waals surface area contributed by atoms with Gasteiger partial charge in [-0.05, 0) is 28.7 Å². The van der Waals surface area contributed by atoms with Gasteiger partial charge in [0, 0.05) is 11.8 Å². The number of hydrogen-bond donors (Lipinski definition) is 1. The molecule has 90 valence electrons. The molecule has 1 aromatic heterocycles. The van der Waals surface area contributed by atoms with Gasteiger partial charge >= 0.3 is 0 Å². The molecule has 1 unspecified atom stereocenters. The average Bonchev–Trinajstić information content (AvgIpc) is 2.93. The van der Waals surface area contributed by atoms with Crippen molar-refractivity contribution in [1.82, 2.24) is 20.2 Å².